The van der Waals surface area contributed by atoms with Crippen LogP contribution < -0.4 is 0 Å². The first-order valence-electron chi connectivity index (χ1n) is 4.79. The molecule has 2 nitrogen and oxygen atoms in total. The van der Waals surface area contributed by atoms with E-state index in [-0.39, 0.29) is 0 Å². The van der Waals surface area contributed by atoms with Crippen molar-refractivity contribution < 1.29 is 22.0 Å². The van der Waals surface area contributed by atoms with Crippen LogP contribution in [0.2, 0.25) is 0 Å². The predicted octanol–water partition coefficient (Wildman–Crippen LogP) is 3.53. The highest BCUT2D eigenvalue weighted by molar-refractivity contribution is 5.55. The topological polar surface area (TPSA) is 28.7 Å². The number of halogens is 5. The fourth-order valence-electron chi connectivity index (χ4n) is 1.38. The third-order valence-electron chi connectivity index (χ3n) is 2.33. The predicted molar refractivity (Wildman–Crippen MR) is 52.8 cm³/mol. The number of benzene rings is 1. The Morgan fingerprint density at radius 2 is 1.61 bits per heavy atom. The van der Waals surface area contributed by atoms with Crippen LogP contribution in [0, 0.1) is 6.20 Å². The number of aromatic amines is 1. The number of nitrogens with zero attached hydrogens (tertiary/aromatic N) is 1. The normalized spacial score (nSPS) is 12.7. The van der Waals surface area contributed by atoms with E-state index < -0.39 is 17.7 Å². The lowest BCUT2D eigenvalue weighted by atomic mass is 10.1. The van der Waals surface area contributed by atoms with E-state index in [1.54, 1.807) is 0 Å². The molecule has 0 aliphatic rings. The van der Waals surface area contributed by atoms with Crippen LogP contribution in [0.3, 0.4) is 0 Å². The lowest BCUT2D eigenvalue weighted by Crippen LogP contribution is -2.33. The maximum atomic E-state index is 13.0. The number of hydrogen-bond donors (Lipinski definition) is 1. The van der Waals surface area contributed by atoms with Crippen molar-refractivity contribution >= 4 is 0 Å². The van der Waals surface area contributed by atoms with Crippen molar-refractivity contribution in [1.82, 2.24) is 9.97 Å². The van der Waals surface area contributed by atoms with Gasteiger partial charge in [0, 0.05) is 17.3 Å². The van der Waals surface area contributed by atoms with Crippen LogP contribution >= 0.6 is 0 Å². The van der Waals surface area contributed by atoms with E-state index >= 15 is 0 Å². The molecule has 2 aromatic rings. The summed E-state index contributed by atoms with van der Waals surface area (Å²) in [5, 5.41) is 0. The molecule has 2 rings (SSSR count). The van der Waals surface area contributed by atoms with E-state index in [1.165, 1.54) is 6.20 Å². The lowest BCUT2D eigenvalue weighted by Gasteiger charge is -2.19. The molecular formula is C11H6F5N2. The zero-order valence-corrected chi connectivity index (χ0v) is 8.72. The molecular weight excluding hydrogens is 255 g/mol. The average Bonchev–Trinajstić information content (AvgIpc) is 2.81. The third kappa shape index (κ3) is 2.07. The van der Waals surface area contributed by atoms with Gasteiger partial charge in [-0.15, -0.1) is 0 Å². The summed E-state index contributed by atoms with van der Waals surface area (Å²) in [4.78, 5) is 6.40. The van der Waals surface area contributed by atoms with Crippen LogP contribution in [-0.2, 0) is 5.92 Å². The van der Waals surface area contributed by atoms with E-state index in [1.807, 2.05) is 0 Å². The van der Waals surface area contributed by atoms with Crippen molar-refractivity contribution in [2.75, 3.05) is 0 Å². The van der Waals surface area contributed by atoms with Gasteiger partial charge < -0.3 is 4.98 Å². The molecule has 0 aliphatic heterocycles. The standard InChI is InChI=1S/C11H6F5N2/c12-10(13,11(14,15)16)8-3-1-7(2-4-8)9-17-5-6-18-9/h1-5H,(H,17,18). The largest absolute Gasteiger partial charge is 0.458 e. The molecule has 0 amide bonds. The van der Waals surface area contributed by atoms with Gasteiger partial charge in [-0.1, -0.05) is 24.3 Å². The second-order valence-electron chi connectivity index (χ2n) is 3.53. The Balaban J connectivity index is 2.34. The Kier molecular flexibility index (Phi) is 2.84. The molecule has 0 bridgehead atoms. The average molecular weight is 261 g/mol. The van der Waals surface area contributed by atoms with Crippen molar-refractivity contribution in [2.24, 2.45) is 0 Å². The minimum absolute atomic E-state index is 0.344. The van der Waals surface area contributed by atoms with Crippen LogP contribution in [-0.4, -0.2) is 16.1 Å². The number of imidazole rings is 1. The number of alkyl halides is 5. The first kappa shape index (κ1) is 12.5. The van der Waals surface area contributed by atoms with Crippen LogP contribution in [0.4, 0.5) is 22.0 Å². The van der Waals surface area contributed by atoms with Gasteiger partial charge in [0.25, 0.3) is 0 Å². The molecule has 0 aliphatic carbocycles. The monoisotopic (exact) mass is 261 g/mol. The molecule has 1 radical (unpaired) electrons. The van der Waals surface area contributed by atoms with Crippen LogP contribution in [0.5, 0.6) is 0 Å². The summed E-state index contributed by atoms with van der Waals surface area (Å²) in [7, 11) is 0. The quantitative estimate of drug-likeness (QED) is 0.823. The maximum absolute atomic E-state index is 13.0. The Hall–Kier alpha value is -1.92. The molecule has 18 heavy (non-hydrogen) atoms. The highest BCUT2D eigenvalue weighted by atomic mass is 19.4. The van der Waals surface area contributed by atoms with Crippen molar-refractivity contribution in [3.63, 3.8) is 0 Å². The van der Waals surface area contributed by atoms with Crippen LogP contribution in [0.15, 0.2) is 30.5 Å². The highest BCUT2D eigenvalue weighted by Gasteiger charge is 2.58. The molecule has 1 aromatic carbocycles. The Morgan fingerprint density at radius 3 is 2.06 bits per heavy atom. The summed E-state index contributed by atoms with van der Waals surface area (Å²) in [5.41, 5.74) is -0.702. The third-order valence-corrected chi connectivity index (χ3v) is 2.33. The first-order valence-corrected chi connectivity index (χ1v) is 4.79. The summed E-state index contributed by atoms with van der Waals surface area (Å²) < 4.78 is 62.3. The Bertz CT molecular complexity index is 513. The lowest BCUT2D eigenvalue weighted by molar-refractivity contribution is -0.289. The second-order valence-corrected chi connectivity index (χ2v) is 3.53. The molecule has 0 saturated heterocycles. The van der Waals surface area contributed by atoms with E-state index in [9.17, 15) is 22.0 Å². The Morgan fingerprint density at radius 1 is 1.00 bits per heavy atom. The van der Waals surface area contributed by atoms with Gasteiger partial charge in [-0.05, 0) is 0 Å². The summed E-state index contributed by atoms with van der Waals surface area (Å²) in [6, 6.07) is 3.74. The molecule has 1 N–H and O–H groups in total. The van der Waals surface area contributed by atoms with E-state index in [0.717, 1.165) is 24.3 Å². The summed E-state index contributed by atoms with van der Waals surface area (Å²) in [6.07, 6.45) is -1.74. The van der Waals surface area contributed by atoms with Crippen molar-refractivity contribution in [3.8, 4) is 11.4 Å². The number of hydrogen-bond acceptors (Lipinski definition) is 1. The first-order chi connectivity index (χ1) is 8.32. The Labute approximate surface area is 98.5 Å². The number of H-pyrrole nitrogens is 1. The smallest absolute Gasteiger partial charge is 0.344 e. The van der Waals surface area contributed by atoms with Gasteiger partial charge in [-0.25, -0.2) is 4.98 Å². The van der Waals surface area contributed by atoms with Gasteiger partial charge in [-0.2, -0.15) is 22.0 Å². The van der Waals surface area contributed by atoms with Gasteiger partial charge in [0.15, 0.2) is 0 Å². The molecule has 0 atom stereocenters. The fourth-order valence-corrected chi connectivity index (χ4v) is 1.38. The van der Waals surface area contributed by atoms with E-state index in [0.29, 0.717) is 11.4 Å². The minimum atomic E-state index is -5.60. The number of nitrogens with one attached hydrogen (secondary N) is 1. The minimum Gasteiger partial charge on any atom is -0.344 e. The second kappa shape index (κ2) is 4.08. The molecule has 1 heterocycles. The molecule has 0 fully saturated rings. The van der Waals surface area contributed by atoms with Crippen LogP contribution in [0.25, 0.3) is 11.4 Å². The zero-order valence-electron chi connectivity index (χ0n) is 8.72. The number of rotatable bonds is 2. The summed E-state index contributed by atoms with van der Waals surface area (Å²) in [5.74, 6) is -4.52. The van der Waals surface area contributed by atoms with E-state index in [2.05, 4.69) is 16.2 Å². The number of aromatic nitrogens is 2. The van der Waals surface area contributed by atoms with E-state index in [4.69, 9.17) is 0 Å². The molecule has 7 heteroatoms. The molecule has 95 valence electrons. The molecule has 0 saturated carbocycles. The van der Waals surface area contributed by atoms with Gasteiger partial charge in [-0.3, -0.25) is 0 Å². The SMILES string of the molecule is FC(F)(F)C(F)(F)c1ccc(-c2n[c]c[nH]2)cc1. The molecule has 1 aromatic heterocycles. The van der Waals surface area contributed by atoms with Gasteiger partial charge in [0.2, 0.25) is 0 Å². The highest BCUT2D eigenvalue weighted by Crippen LogP contribution is 2.43. The maximum Gasteiger partial charge on any atom is 0.458 e. The fraction of sp³-hybridized carbons (Fsp3) is 0.182. The zero-order chi connectivity index (χ0) is 13.4. The molecule has 0 unspecified atom stereocenters. The van der Waals surface area contributed by atoms with Crippen molar-refractivity contribution in [3.05, 3.63) is 42.2 Å². The van der Waals surface area contributed by atoms with Crippen molar-refractivity contribution in [1.29, 1.82) is 0 Å². The van der Waals surface area contributed by atoms with Gasteiger partial charge in [0.1, 0.15) is 12.0 Å². The summed E-state index contributed by atoms with van der Waals surface area (Å²) >= 11 is 0. The summed E-state index contributed by atoms with van der Waals surface area (Å²) in [6.45, 7) is 0. The van der Waals surface area contributed by atoms with Gasteiger partial charge >= 0.3 is 12.1 Å². The molecule has 0 spiro atoms. The van der Waals surface area contributed by atoms with Crippen molar-refractivity contribution in [2.45, 2.75) is 12.1 Å². The van der Waals surface area contributed by atoms with Crippen LogP contribution in [0.1, 0.15) is 5.56 Å². The van der Waals surface area contributed by atoms with Gasteiger partial charge in [0.05, 0.1) is 0 Å².